The minimum Gasteiger partial charge on any atom is -0.467 e. The molecule has 1 N–H and O–H groups in total. The molecule has 0 saturated heterocycles. The summed E-state index contributed by atoms with van der Waals surface area (Å²) in [7, 11) is 0. The van der Waals surface area contributed by atoms with Crippen molar-refractivity contribution in [2.24, 2.45) is 0 Å². The number of alkyl halides is 3. The Labute approximate surface area is 177 Å². The fraction of sp³-hybridized carbons (Fsp3) is 0.429. The van der Waals surface area contributed by atoms with Crippen molar-refractivity contribution in [3.8, 4) is 0 Å². The highest BCUT2D eigenvalue weighted by Crippen LogP contribution is 2.30. The first kappa shape index (κ1) is 22.2. The van der Waals surface area contributed by atoms with E-state index in [4.69, 9.17) is 16.0 Å². The molecule has 1 aliphatic carbocycles. The van der Waals surface area contributed by atoms with Gasteiger partial charge in [0.25, 0.3) is 5.91 Å². The Bertz CT molecular complexity index is 847. The lowest BCUT2D eigenvalue weighted by Crippen LogP contribution is -2.50. The van der Waals surface area contributed by atoms with Gasteiger partial charge in [-0.1, -0.05) is 43.0 Å². The number of carbonyl (C=O) groups excluding carboxylic acids is 2. The van der Waals surface area contributed by atoms with Crippen molar-refractivity contribution < 1.29 is 27.2 Å². The number of carbonyl (C=O) groups is 2. The molecule has 0 radical (unpaired) electrons. The summed E-state index contributed by atoms with van der Waals surface area (Å²) in [5, 5.41) is 3.22. The van der Waals surface area contributed by atoms with Crippen LogP contribution in [0.3, 0.4) is 0 Å². The summed E-state index contributed by atoms with van der Waals surface area (Å²) in [4.78, 5) is 25.9. The second-order valence-corrected chi connectivity index (χ2v) is 7.76. The van der Waals surface area contributed by atoms with Crippen LogP contribution in [0.5, 0.6) is 0 Å². The zero-order valence-electron chi connectivity index (χ0n) is 16.1. The van der Waals surface area contributed by atoms with Gasteiger partial charge in [-0.05, 0) is 42.7 Å². The maximum absolute atomic E-state index is 13.4. The molecule has 0 bridgehead atoms. The first-order valence-corrected chi connectivity index (χ1v) is 10.1. The van der Waals surface area contributed by atoms with Gasteiger partial charge in [0.2, 0.25) is 0 Å². The third kappa shape index (κ3) is 5.56. The van der Waals surface area contributed by atoms with Crippen LogP contribution >= 0.6 is 11.6 Å². The standard InChI is InChI=1S/C21H22ClF3N2O3/c22-15-10-8-14(9-11-15)13-27(20(29)21(23,24)25)18(17-7-4-12-30-17)19(28)26-16-5-2-1-3-6-16/h4,7-12,16,18H,1-3,5-6,13H2,(H,26,28). The van der Waals surface area contributed by atoms with E-state index in [0.717, 1.165) is 32.1 Å². The van der Waals surface area contributed by atoms with Crippen molar-refractivity contribution in [1.29, 1.82) is 0 Å². The van der Waals surface area contributed by atoms with E-state index < -0.39 is 30.6 Å². The van der Waals surface area contributed by atoms with Crippen LogP contribution in [0.1, 0.15) is 49.5 Å². The molecule has 9 heteroatoms. The summed E-state index contributed by atoms with van der Waals surface area (Å²) in [6, 6.07) is 7.22. The van der Waals surface area contributed by atoms with Crippen molar-refractivity contribution in [3.05, 3.63) is 59.0 Å². The molecule has 1 aliphatic rings. The van der Waals surface area contributed by atoms with Crippen LogP contribution in [-0.4, -0.2) is 28.9 Å². The van der Waals surface area contributed by atoms with E-state index >= 15 is 0 Å². The molecule has 1 unspecified atom stereocenters. The molecule has 1 saturated carbocycles. The van der Waals surface area contributed by atoms with Gasteiger partial charge < -0.3 is 14.6 Å². The first-order valence-electron chi connectivity index (χ1n) is 9.71. The van der Waals surface area contributed by atoms with Gasteiger partial charge in [-0.3, -0.25) is 9.59 Å². The number of halogens is 4. The number of nitrogens with one attached hydrogen (secondary N) is 1. The molecule has 0 aliphatic heterocycles. The smallest absolute Gasteiger partial charge is 0.467 e. The zero-order valence-corrected chi connectivity index (χ0v) is 16.9. The van der Waals surface area contributed by atoms with E-state index in [1.54, 1.807) is 0 Å². The van der Waals surface area contributed by atoms with E-state index in [1.807, 2.05) is 0 Å². The van der Waals surface area contributed by atoms with E-state index in [0.29, 0.717) is 15.5 Å². The van der Waals surface area contributed by atoms with Gasteiger partial charge >= 0.3 is 12.1 Å². The summed E-state index contributed by atoms with van der Waals surface area (Å²) in [5.74, 6) is -2.84. The summed E-state index contributed by atoms with van der Waals surface area (Å²) in [6.45, 7) is -0.432. The maximum Gasteiger partial charge on any atom is 0.471 e. The monoisotopic (exact) mass is 442 g/mol. The molecule has 0 spiro atoms. The largest absolute Gasteiger partial charge is 0.471 e. The van der Waals surface area contributed by atoms with Crippen molar-refractivity contribution in [2.75, 3.05) is 0 Å². The van der Waals surface area contributed by atoms with Gasteiger partial charge in [0, 0.05) is 17.6 Å². The van der Waals surface area contributed by atoms with Crippen LogP contribution in [0.2, 0.25) is 5.02 Å². The fourth-order valence-electron chi connectivity index (χ4n) is 3.63. The lowest BCUT2D eigenvalue weighted by Gasteiger charge is -2.32. The van der Waals surface area contributed by atoms with Gasteiger partial charge in [-0.2, -0.15) is 13.2 Å². The molecule has 3 rings (SSSR count). The number of benzene rings is 1. The number of rotatable bonds is 6. The minimum atomic E-state index is -5.15. The van der Waals surface area contributed by atoms with Crippen LogP contribution in [0.25, 0.3) is 0 Å². The van der Waals surface area contributed by atoms with Gasteiger partial charge in [-0.15, -0.1) is 0 Å². The highest BCUT2D eigenvalue weighted by molar-refractivity contribution is 6.30. The molecular formula is C21H22ClF3N2O3. The highest BCUT2D eigenvalue weighted by Gasteiger charge is 2.47. The number of hydrogen-bond donors (Lipinski definition) is 1. The molecule has 1 aromatic heterocycles. The summed E-state index contributed by atoms with van der Waals surface area (Å²) < 4.78 is 45.5. The van der Waals surface area contributed by atoms with Crippen molar-refractivity contribution >= 4 is 23.4 Å². The fourth-order valence-corrected chi connectivity index (χ4v) is 3.75. The number of nitrogens with zero attached hydrogens (tertiary/aromatic N) is 1. The highest BCUT2D eigenvalue weighted by atomic mass is 35.5. The van der Waals surface area contributed by atoms with E-state index in [2.05, 4.69) is 5.32 Å². The van der Waals surface area contributed by atoms with Crippen molar-refractivity contribution in [3.63, 3.8) is 0 Å². The Hall–Kier alpha value is -2.48. The lowest BCUT2D eigenvalue weighted by molar-refractivity contribution is -0.190. The predicted molar refractivity (Wildman–Crippen MR) is 105 cm³/mol. The Balaban J connectivity index is 1.94. The molecule has 1 fully saturated rings. The Kier molecular flexibility index (Phi) is 7.07. The number of furan rings is 1. The third-order valence-corrected chi connectivity index (χ3v) is 5.35. The Morgan fingerprint density at radius 1 is 1.13 bits per heavy atom. The first-order chi connectivity index (χ1) is 14.3. The quantitative estimate of drug-likeness (QED) is 0.683. The topological polar surface area (TPSA) is 62.6 Å². The second-order valence-electron chi connectivity index (χ2n) is 7.32. The van der Waals surface area contributed by atoms with Crippen LogP contribution in [0, 0.1) is 0 Å². The molecule has 1 heterocycles. The Morgan fingerprint density at radius 3 is 2.37 bits per heavy atom. The molecule has 2 amide bonds. The number of hydrogen-bond acceptors (Lipinski definition) is 3. The van der Waals surface area contributed by atoms with Gasteiger partial charge in [0.15, 0.2) is 6.04 Å². The van der Waals surface area contributed by atoms with Gasteiger partial charge in [0.1, 0.15) is 5.76 Å². The summed E-state index contributed by atoms with van der Waals surface area (Å²) >= 11 is 5.85. The van der Waals surface area contributed by atoms with Gasteiger partial charge in [0.05, 0.1) is 6.26 Å². The zero-order chi connectivity index (χ0) is 21.7. The maximum atomic E-state index is 13.4. The average molecular weight is 443 g/mol. The van der Waals surface area contributed by atoms with Crippen molar-refractivity contribution in [2.45, 2.75) is 56.9 Å². The molecule has 1 atom stereocenters. The molecule has 5 nitrogen and oxygen atoms in total. The van der Waals surface area contributed by atoms with Crippen molar-refractivity contribution in [1.82, 2.24) is 10.2 Å². The molecule has 1 aromatic carbocycles. The van der Waals surface area contributed by atoms with Crippen LogP contribution < -0.4 is 5.32 Å². The van der Waals surface area contributed by atoms with Gasteiger partial charge in [-0.25, -0.2) is 0 Å². The molecule has 30 heavy (non-hydrogen) atoms. The Morgan fingerprint density at radius 2 is 1.80 bits per heavy atom. The molecule has 162 valence electrons. The predicted octanol–water partition coefficient (Wildman–Crippen LogP) is 5.01. The summed E-state index contributed by atoms with van der Waals surface area (Å²) in [6.07, 6.45) is 0.543. The average Bonchev–Trinajstić information content (AvgIpc) is 3.23. The second kappa shape index (κ2) is 9.55. The van der Waals surface area contributed by atoms with E-state index in [9.17, 15) is 22.8 Å². The lowest BCUT2D eigenvalue weighted by atomic mass is 9.95. The summed E-state index contributed by atoms with van der Waals surface area (Å²) in [5.41, 5.74) is 0.402. The minimum absolute atomic E-state index is 0.0325. The van der Waals surface area contributed by atoms with Crippen LogP contribution in [-0.2, 0) is 16.1 Å². The molecule has 2 aromatic rings. The molecular weight excluding hydrogens is 421 g/mol. The third-order valence-electron chi connectivity index (χ3n) is 5.09. The van der Waals surface area contributed by atoms with E-state index in [-0.39, 0.29) is 11.8 Å². The van der Waals surface area contributed by atoms with Crippen LogP contribution in [0.15, 0.2) is 47.1 Å². The number of amides is 2. The van der Waals surface area contributed by atoms with E-state index in [1.165, 1.54) is 42.7 Å². The SMILES string of the molecule is O=C(NC1CCCCC1)C(c1ccco1)N(Cc1ccc(Cl)cc1)C(=O)C(F)(F)F. The normalized spacial score (nSPS) is 16.1. The van der Waals surface area contributed by atoms with Crippen LogP contribution in [0.4, 0.5) is 13.2 Å².